The average Bonchev–Trinajstić information content (AvgIpc) is 2.14. The van der Waals surface area contributed by atoms with Gasteiger partial charge >= 0.3 is 5.82 Å². The molecule has 0 N–H and O–H groups in total. The van der Waals surface area contributed by atoms with E-state index in [0.717, 1.165) is 6.07 Å². The van der Waals surface area contributed by atoms with E-state index in [4.69, 9.17) is 69.6 Å². The van der Waals surface area contributed by atoms with Crippen molar-refractivity contribution in [3.05, 3.63) is 33.5 Å². The zero-order chi connectivity index (χ0) is 13.4. The maximum atomic E-state index is 10.6. The lowest BCUT2D eigenvalue weighted by atomic mass is 10.2. The van der Waals surface area contributed by atoms with E-state index >= 15 is 0 Å². The van der Waals surface area contributed by atoms with Crippen LogP contribution in [0.15, 0.2) is 12.1 Å². The molecule has 1 rings (SSSR count). The van der Waals surface area contributed by atoms with Crippen molar-refractivity contribution in [3.63, 3.8) is 0 Å². The highest BCUT2D eigenvalue weighted by Gasteiger charge is 2.35. The van der Waals surface area contributed by atoms with Crippen LogP contribution < -0.4 is 0 Å². The minimum absolute atomic E-state index is 0.00877. The van der Waals surface area contributed by atoms with E-state index in [1.54, 1.807) is 0 Å². The van der Waals surface area contributed by atoms with Crippen molar-refractivity contribution in [1.29, 1.82) is 0 Å². The molecule has 0 aliphatic rings. The smallest absolute Gasteiger partial charge is 0.358 e. The van der Waals surface area contributed by atoms with Gasteiger partial charge in [0, 0.05) is 11.6 Å². The van der Waals surface area contributed by atoms with Crippen molar-refractivity contribution in [2.75, 3.05) is 0 Å². The third-order valence-electron chi connectivity index (χ3n) is 1.62. The van der Waals surface area contributed by atoms with E-state index in [0.29, 0.717) is 0 Å². The van der Waals surface area contributed by atoms with Crippen molar-refractivity contribution in [3.8, 4) is 0 Å². The Bertz CT molecular complexity index is 420. The Morgan fingerprint density at radius 2 is 1.59 bits per heavy atom. The summed E-state index contributed by atoms with van der Waals surface area (Å²) in [6.07, 6.45) is 0. The van der Waals surface area contributed by atoms with E-state index in [9.17, 15) is 10.1 Å². The van der Waals surface area contributed by atoms with Crippen LogP contribution in [0.1, 0.15) is 11.3 Å². The molecule has 0 spiro atoms. The van der Waals surface area contributed by atoms with Gasteiger partial charge in [0.05, 0.1) is 0 Å². The third-order valence-corrected chi connectivity index (χ3v) is 2.85. The van der Waals surface area contributed by atoms with Crippen LogP contribution in [0.3, 0.4) is 0 Å². The zero-order valence-electron chi connectivity index (χ0n) is 7.63. The van der Waals surface area contributed by atoms with Crippen LogP contribution in [0.4, 0.5) is 5.82 Å². The van der Waals surface area contributed by atoms with E-state index in [1.807, 2.05) is 0 Å². The second-order valence-electron chi connectivity index (χ2n) is 2.85. The van der Waals surface area contributed by atoms with Gasteiger partial charge in [-0.2, -0.15) is 0 Å². The molecule has 0 aliphatic carbocycles. The topological polar surface area (TPSA) is 56.0 Å². The molecular weight excluding hydrogens is 357 g/mol. The van der Waals surface area contributed by atoms with Crippen LogP contribution in [-0.4, -0.2) is 9.91 Å². The van der Waals surface area contributed by atoms with Crippen molar-refractivity contribution in [1.82, 2.24) is 4.98 Å². The van der Waals surface area contributed by atoms with Crippen molar-refractivity contribution in [2.24, 2.45) is 0 Å². The largest absolute Gasteiger partial charge is 0.364 e. The number of hydrogen-bond acceptors (Lipinski definition) is 3. The third kappa shape index (κ3) is 4.16. The number of halogens is 6. The molecule has 94 valence electrons. The minimum Gasteiger partial charge on any atom is -0.358 e. The summed E-state index contributed by atoms with van der Waals surface area (Å²) in [7, 11) is 0. The van der Waals surface area contributed by atoms with Crippen LogP contribution >= 0.6 is 69.6 Å². The molecule has 0 aromatic carbocycles. The normalized spacial score (nSPS) is 12.6. The molecular formula is C7H2Cl6N2O2. The van der Waals surface area contributed by atoms with Gasteiger partial charge in [-0.3, -0.25) is 0 Å². The second-order valence-corrected chi connectivity index (χ2v) is 7.41. The second kappa shape index (κ2) is 5.11. The van der Waals surface area contributed by atoms with Gasteiger partial charge in [0.15, 0.2) is 0 Å². The zero-order valence-corrected chi connectivity index (χ0v) is 12.2. The number of hydrogen-bond donors (Lipinski definition) is 0. The van der Waals surface area contributed by atoms with E-state index < -0.39 is 18.3 Å². The monoisotopic (exact) mass is 356 g/mol. The summed E-state index contributed by atoms with van der Waals surface area (Å²) in [5.41, 5.74) is -0.205. The Hall–Kier alpha value is 0.290. The van der Waals surface area contributed by atoms with Crippen LogP contribution in [0.25, 0.3) is 0 Å². The van der Waals surface area contributed by atoms with Gasteiger partial charge in [-0.1, -0.05) is 69.6 Å². The van der Waals surface area contributed by atoms with Gasteiger partial charge in [-0.15, -0.1) is 0 Å². The number of aromatic nitrogens is 1. The summed E-state index contributed by atoms with van der Waals surface area (Å²) in [6.45, 7) is 0. The summed E-state index contributed by atoms with van der Waals surface area (Å²) in [6, 6.07) is 2.17. The van der Waals surface area contributed by atoms with E-state index in [2.05, 4.69) is 4.98 Å². The molecule has 4 nitrogen and oxygen atoms in total. The number of pyridine rings is 1. The Labute approximate surface area is 126 Å². The maximum Gasteiger partial charge on any atom is 0.364 e. The first-order valence-corrected chi connectivity index (χ1v) is 6.09. The molecule has 17 heavy (non-hydrogen) atoms. The highest BCUT2D eigenvalue weighted by atomic mass is 35.6. The minimum atomic E-state index is -1.95. The van der Waals surface area contributed by atoms with Crippen LogP contribution in [0.2, 0.25) is 0 Å². The SMILES string of the molecule is O=[N+]([O-])c1cc(C(Cl)(Cl)Cl)cc(C(Cl)(Cl)Cl)n1. The first kappa shape index (κ1) is 15.3. The number of nitro groups is 1. The molecule has 1 aromatic heterocycles. The summed E-state index contributed by atoms with van der Waals surface area (Å²) >= 11 is 33.5. The average molecular weight is 359 g/mol. The Kier molecular flexibility index (Phi) is 4.62. The van der Waals surface area contributed by atoms with Gasteiger partial charge in [0.25, 0.3) is 3.79 Å². The molecule has 0 saturated carbocycles. The maximum absolute atomic E-state index is 10.6. The molecule has 0 bridgehead atoms. The molecule has 0 amide bonds. The fraction of sp³-hybridized carbons (Fsp3) is 0.286. The quantitative estimate of drug-likeness (QED) is 0.417. The molecule has 1 heterocycles. The van der Waals surface area contributed by atoms with E-state index in [1.165, 1.54) is 6.07 Å². The lowest BCUT2D eigenvalue weighted by Gasteiger charge is -2.13. The predicted molar refractivity (Wildman–Crippen MR) is 69.4 cm³/mol. The molecule has 0 saturated heterocycles. The highest BCUT2D eigenvalue weighted by Crippen LogP contribution is 2.43. The predicted octanol–water partition coefficient (Wildman–Crippen LogP) is 4.64. The van der Waals surface area contributed by atoms with Crippen LogP contribution in [0, 0.1) is 10.1 Å². The molecule has 0 atom stereocenters. The highest BCUT2D eigenvalue weighted by molar-refractivity contribution is 6.67. The lowest BCUT2D eigenvalue weighted by molar-refractivity contribution is -0.389. The summed E-state index contributed by atoms with van der Waals surface area (Å²) in [5.74, 6) is -0.574. The standard InChI is InChI=1S/C7H2Cl6N2O2/c8-6(9,10)3-1-4(7(11,12)13)14-5(2-3)15(16)17/h1-2H. The van der Waals surface area contributed by atoms with Gasteiger partial charge in [-0.25, -0.2) is 0 Å². The number of nitrogens with zero attached hydrogens (tertiary/aromatic N) is 2. The fourth-order valence-electron chi connectivity index (χ4n) is 0.918. The van der Waals surface area contributed by atoms with Gasteiger partial charge in [0.1, 0.15) is 0 Å². The van der Waals surface area contributed by atoms with Crippen molar-refractivity contribution in [2.45, 2.75) is 7.59 Å². The van der Waals surface area contributed by atoms with Crippen LogP contribution in [0.5, 0.6) is 0 Å². The molecule has 1 aromatic rings. The van der Waals surface area contributed by atoms with Gasteiger partial charge in [-0.05, 0) is 16.0 Å². The number of alkyl halides is 6. The summed E-state index contributed by atoms with van der Waals surface area (Å²) in [4.78, 5) is 13.4. The Morgan fingerprint density at radius 3 is 1.94 bits per heavy atom. The number of rotatable bonds is 1. The molecule has 0 radical (unpaired) electrons. The first-order valence-electron chi connectivity index (χ1n) is 3.82. The van der Waals surface area contributed by atoms with Crippen molar-refractivity contribution < 1.29 is 4.92 Å². The summed E-state index contributed by atoms with van der Waals surface area (Å²) < 4.78 is -3.82. The molecule has 0 unspecified atom stereocenters. The Balaban J connectivity index is 3.45. The van der Waals surface area contributed by atoms with Gasteiger partial charge in [0.2, 0.25) is 9.49 Å². The molecule has 10 heteroatoms. The van der Waals surface area contributed by atoms with Gasteiger partial charge < -0.3 is 10.1 Å². The fourth-order valence-corrected chi connectivity index (χ4v) is 1.54. The lowest BCUT2D eigenvalue weighted by Crippen LogP contribution is -2.10. The molecule has 0 aliphatic heterocycles. The van der Waals surface area contributed by atoms with Crippen LogP contribution in [-0.2, 0) is 7.59 Å². The molecule has 0 fully saturated rings. The van der Waals surface area contributed by atoms with Crippen molar-refractivity contribution >= 4 is 75.4 Å². The first-order chi connectivity index (χ1) is 7.51. The Morgan fingerprint density at radius 1 is 1.06 bits per heavy atom. The summed E-state index contributed by atoms with van der Waals surface area (Å²) in [5, 5.41) is 10.6. The van der Waals surface area contributed by atoms with E-state index in [-0.39, 0.29) is 11.3 Å².